The molecule has 1 aromatic carbocycles. The molecule has 0 N–H and O–H groups in total. The van der Waals surface area contributed by atoms with E-state index in [4.69, 9.17) is 14.4 Å². The third-order valence-electron chi connectivity index (χ3n) is 4.12. The fourth-order valence-corrected chi connectivity index (χ4v) is 2.98. The lowest BCUT2D eigenvalue weighted by atomic mass is 9.82. The van der Waals surface area contributed by atoms with E-state index < -0.39 is 13.1 Å². The van der Waals surface area contributed by atoms with Crippen LogP contribution in [0, 0.1) is 12.9 Å². The van der Waals surface area contributed by atoms with E-state index in [2.05, 4.69) is 4.98 Å². The van der Waals surface area contributed by atoms with Crippen molar-refractivity contribution in [3.63, 3.8) is 0 Å². The van der Waals surface area contributed by atoms with Gasteiger partial charge in [-0.25, -0.2) is 9.67 Å². The summed E-state index contributed by atoms with van der Waals surface area (Å²) in [4.78, 5) is 3.73. The summed E-state index contributed by atoms with van der Waals surface area (Å²) in [7, 11) is -0.515. The van der Waals surface area contributed by atoms with Crippen LogP contribution < -0.4 is 5.59 Å². The monoisotopic (exact) mass is 325 g/mol. The summed E-state index contributed by atoms with van der Waals surface area (Å²) in [5, 5.41) is 5.66. The van der Waals surface area contributed by atoms with Crippen LogP contribution in [0.15, 0.2) is 36.5 Å². The van der Waals surface area contributed by atoms with Crippen molar-refractivity contribution in [1.82, 2.24) is 14.8 Å². The van der Waals surface area contributed by atoms with Crippen molar-refractivity contribution >= 4 is 23.6 Å². The van der Waals surface area contributed by atoms with Gasteiger partial charge in [-0.1, -0.05) is 18.2 Å². The summed E-state index contributed by atoms with van der Waals surface area (Å²) >= 11 is 0. The smallest absolute Gasteiger partial charge is 0.403 e. The summed E-state index contributed by atoms with van der Waals surface area (Å²) in [6, 6.07) is 8.98. The Morgan fingerprint density at radius 1 is 1.25 bits per heavy atom. The molecule has 0 radical (unpaired) electrons. The Kier molecular flexibility index (Phi) is 3.44. The first-order chi connectivity index (χ1) is 11.4. The van der Waals surface area contributed by atoms with Gasteiger partial charge >= 0.3 is 7.12 Å². The lowest BCUT2D eigenvalue weighted by Gasteiger charge is -2.14. The largest absolute Gasteiger partial charge is 0.516 e. The Morgan fingerprint density at radius 3 is 2.75 bits per heavy atom. The molecule has 122 valence electrons. The molecule has 4 rings (SSSR count). The number of hydrogen-bond donors (Lipinski definition) is 0. The van der Waals surface area contributed by atoms with E-state index in [0.29, 0.717) is 12.3 Å². The molecule has 0 spiro atoms. The van der Waals surface area contributed by atoms with E-state index in [1.807, 2.05) is 39.0 Å². The molecule has 1 aliphatic heterocycles. The van der Waals surface area contributed by atoms with Crippen LogP contribution >= 0.6 is 0 Å². The van der Waals surface area contributed by atoms with E-state index in [1.165, 1.54) is 12.3 Å². The number of halogens is 1. The van der Waals surface area contributed by atoms with Crippen molar-refractivity contribution in [1.29, 1.82) is 0 Å². The third-order valence-corrected chi connectivity index (χ3v) is 4.12. The van der Waals surface area contributed by atoms with Crippen LogP contribution in [0.1, 0.15) is 19.4 Å². The maximum absolute atomic E-state index is 13.2. The van der Waals surface area contributed by atoms with Gasteiger partial charge in [0.2, 0.25) is 5.95 Å². The number of aryl methyl sites for hydroxylation is 1. The highest BCUT2D eigenvalue weighted by Gasteiger charge is 2.41. The summed E-state index contributed by atoms with van der Waals surface area (Å²) in [5.41, 5.74) is 3.08. The Balaban J connectivity index is 1.90. The zero-order chi connectivity index (χ0) is 16.9. The van der Waals surface area contributed by atoms with Crippen molar-refractivity contribution < 1.29 is 13.7 Å². The van der Waals surface area contributed by atoms with E-state index in [1.54, 1.807) is 10.7 Å². The molecule has 0 bridgehead atoms. The predicted molar refractivity (Wildman–Crippen MR) is 90.1 cm³/mol. The van der Waals surface area contributed by atoms with E-state index in [-0.39, 0.29) is 5.60 Å². The topological polar surface area (TPSA) is 49.2 Å². The van der Waals surface area contributed by atoms with Crippen LogP contribution in [0.2, 0.25) is 0 Å². The van der Waals surface area contributed by atoms with Gasteiger partial charge in [0.1, 0.15) is 5.59 Å². The fraction of sp³-hybridized carbons (Fsp3) is 0.294. The second kappa shape index (κ2) is 5.39. The highest BCUT2D eigenvalue weighted by Crippen LogP contribution is 2.25. The van der Waals surface area contributed by atoms with Gasteiger partial charge in [-0.15, -0.1) is 0 Å². The summed E-state index contributed by atoms with van der Waals surface area (Å²) in [6.45, 7) is 6.50. The van der Waals surface area contributed by atoms with E-state index in [9.17, 15) is 4.39 Å². The Bertz CT molecular complexity index is 908. The van der Waals surface area contributed by atoms with Crippen LogP contribution in [0.5, 0.6) is 0 Å². The molecule has 1 fully saturated rings. The molecule has 24 heavy (non-hydrogen) atoms. The maximum Gasteiger partial charge on any atom is 0.516 e. The zero-order valence-corrected chi connectivity index (χ0v) is 13.8. The summed E-state index contributed by atoms with van der Waals surface area (Å²) in [6.07, 6.45) is 1.47. The predicted octanol–water partition coefficient (Wildman–Crippen LogP) is 2.39. The molecule has 3 heterocycles. The van der Waals surface area contributed by atoms with Gasteiger partial charge in [0.15, 0.2) is 0 Å². The molecule has 7 heteroatoms. The molecule has 0 unspecified atom stereocenters. The molecular formula is C17H17BFN3O2. The Morgan fingerprint density at radius 2 is 2.08 bits per heavy atom. The lowest BCUT2D eigenvalue weighted by molar-refractivity contribution is 0.137. The van der Waals surface area contributed by atoms with Gasteiger partial charge < -0.3 is 9.31 Å². The molecule has 1 saturated heterocycles. The van der Waals surface area contributed by atoms with Crippen molar-refractivity contribution in [2.24, 2.45) is 0 Å². The highest BCUT2D eigenvalue weighted by molar-refractivity contribution is 6.64. The zero-order valence-electron chi connectivity index (χ0n) is 13.8. The number of aromatic nitrogens is 3. The minimum Gasteiger partial charge on any atom is -0.403 e. The molecule has 3 aromatic rings. The molecule has 0 atom stereocenters. The number of hydrogen-bond acceptors (Lipinski definition) is 4. The Labute approximate surface area is 139 Å². The van der Waals surface area contributed by atoms with Gasteiger partial charge in [-0.2, -0.15) is 9.49 Å². The molecule has 1 aliphatic rings. The van der Waals surface area contributed by atoms with Crippen molar-refractivity contribution in [2.75, 3.05) is 6.61 Å². The fourth-order valence-electron chi connectivity index (χ4n) is 2.98. The van der Waals surface area contributed by atoms with Crippen LogP contribution in [0.3, 0.4) is 0 Å². The average molecular weight is 325 g/mol. The molecule has 0 amide bonds. The lowest BCUT2D eigenvalue weighted by Crippen LogP contribution is -2.36. The molecule has 0 aliphatic carbocycles. The number of para-hydroxylation sites is 1. The summed E-state index contributed by atoms with van der Waals surface area (Å²) in [5.74, 6) is -0.517. The van der Waals surface area contributed by atoms with E-state index in [0.717, 1.165) is 22.1 Å². The standard InChI is InChI=1S/C17H17BFN3O2/c1-11-5-4-6-13-15(11)22(12-7-8-14(19)20-9-12)21-16(13)18-23-10-17(2,3)24-18/h4-9H,10H2,1-3H3. The van der Waals surface area contributed by atoms with Crippen LogP contribution in [0.25, 0.3) is 16.6 Å². The first kappa shape index (κ1) is 15.3. The quantitative estimate of drug-likeness (QED) is 0.536. The number of rotatable bonds is 2. The van der Waals surface area contributed by atoms with Crippen molar-refractivity contribution in [3.8, 4) is 5.69 Å². The number of nitrogens with zero attached hydrogens (tertiary/aromatic N) is 3. The van der Waals surface area contributed by atoms with Gasteiger partial charge in [-0.05, 0) is 38.5 Å². The normalized spacial score (nSPS) is 16.9. The van der Waals surface area contributed by atoms with E-state index >= 15 is 0 Å². The average Bonchev–Trinajstić information content (AvgIpc) is 3.09. The molecule has 5 nitrogen and oxygen atoms in total. The molecule has 2 aromatic heterocycles. The molecule has 0 saturated carbocycles. The van der Waals surface area contributed by atoms with Gasteiger partial charge in [0, 0.05) is 5.39 Å². The third kappa shape index (κ3) is 2.50. The molecular weight excluding hydrogens is 308 g/mol. The van der Waals surface area contributed by atoms with Gasteiger partial charge in [0.05, 0.1) is 29.6 Å². The van der Waals surface area contributed by atoms with Crippen LogP contribution in [-0.4, -0.2) is 34.1 Å². The number of fused-ring (bicyclic) bond motifs is 1. The van der Waals surface area contributed by atoms with Gasteiger partial charge in [-0.3, -0.25) is 0 Å². The maximum atomic E-state index is 13.2. The highest BCUT2D eigenvalue weighted by atomic mass is 19.1. The number of benzene rings is 1. The van der Waals surface area contributed by atoms with Gasteiger partial charge in [0.25, 0.3) is 0 Å². The first-order valence-electron chi connectivity index (χ1n) is 7.84. The first-order valence-corrected chi connectivity index (χ1v) is 7.84. The SMILES string of the molecule is Cc1cccc2c(B3OCC(C)(C)O3)nn(-c3ccc(F)nc3)c12. The second-order valence-corrected chi connectivity index (χ2v) is 6.63. The Hall–Kier alpha value is -2.25. The minimum atomic E-state index is -0.517. The van der Waals surface area contributed by atoms with Crippen LogP contribution in [-0.2, 0) is 9.31 Å². The second-order valence-electron chi connectivity index (χ2n) is 6.63. The van der Waals surface area contributed by atoms with Crippen molar-refractivity contribution in [3.05, 3.63) is 48.0 Å². The minimum absolute atomic E-state index is 0.345. The van der Waals surface area contributed by atoms with Crippen LogP contribution in [0.4, 0.5) is 4.39 Å². The van der Waals surface area contributed by atoms with Crippen molar-refractivity contribution in [2.45, 2.75) is 26.4 Å². The summed E-state index contributed by atoms with van der Waals surface area (Å²) < 4.78 is 26.7. The number of pyridine rings is 1.